The Morgan fingerprint density at radius 3 is 1.51 bits per heavy atom. The molecule has 24 heteroatoms. The molecule has 12 aromatic rings. The zero-order valence-corrected chi connectivity index (χ0v) is 54.4. The van der Waals surface area contributed by atoms with Gasteiger partial charge in [-0.2, -0.15) is 0 Å². The first-order valence-electron chi connectivity index (χ1n) is 28.8. The molecule has 12 rings (SSSR count). The number of rotatable bonds is 17. The van der Waals surface area contributed by atoms with E-state index in [-0.39, 0.29) is 23.8 Å². The minimum absolute atomic E-state index is 0. The summed E-state index contributed by atoms with van der Waals surface area (Å²) in [5.41, 5.74) is 13.1. The molecule has 0 fully saturated rings. The predicted octanol–water partition coefficient (Wildman–Crippen LogP) is 15.3. The van der Waals surface area contributed by atoms with Crippen molar-refractivity contribution in [2.75, 3.05) is 19.4 Å². The van der Waals surface area contributed by atoms with E-state index in [2.05, 4.69) is 92.0 Å². The number of carbonyl (C=O) groups excluding carboxylic acids is 1. The first-order chi connectivity index (χ1) is 43.7. The summed E-state index contributed by atoms with van der Waals surface area (Å²) < 4.78 is 42.4. The Morgan fingerprint density at radius 2 is 1.04 bits per heavy atom. The highest BCUT2D eigenvalue weighted by atomic mass is 32.2. The molecule has 0 unspecified atom stereocenters. The Labute approximate surface area is 542 Å². The normalized spacial score (nSPS) is 11.3. The van der Waals surface area contributed by atoms with Gasteiger partial charge in [-0.05, 0) is 113 Å². The average molecular weight is 1280 g/mol. The highest BCUT2D eigenvalue weighted by Crippen LogP contribution is 2.34. The number of thiophene rings is 2. The Morgan fingerprint density at radius 1 is 0.582 bits per heavy atom. The standard InChI is InChI=1S/C24H27N5O3S2.C22H21N5OS.C21H17N5O2.5H2/c1-14(2)25-12-18-8-11-21(33-18)23-28-29-24(32-23)22-16(5)26-13-20(27-22)17-6-9-19(10-7-17)34(30,31)15(3)4;1-13-10-19(29-12-13)21-25-26-22(28-21)20-14(2)23-11-18(24-20)17-8-6-16(7-9-17)15(3)27(4)5;1-13-19(21-26-25-20(28-21)16-6-4-3-5-7-16)24-18(12-22-13)15-8-10-17(11-9-15)23-14(2)27;;;;;/h6-11,13-15,25H,12H2,1-5H3;6-12H,3H2,1-2,4-5H3;3-12H,1-2H3,(H,23,27);5*1H. The number of nitrogens with zero attached hydrogens (tertiary/aromatic N) is 13. The number of carbonyl (C=O) groups is 1. The monoisotopic (exact) mass is 1280 g/mol. The molecule has 0 spiro atoms. The number of sulfone groups is 1. The van der Waals surface area contributed by atoms with E-state index < -0.39 is 15.1 Å². The fraction of sp³-hybridized carbons (Fsp3) is 0.209. The van der Waals surface area contributed by atoms with Crippen molar-refractivity contribution in [3.05, 3.63) is 185 Å². The van der Waals surface area contributed by atoms with Crippen LogP contribution in [-0.4, -0.2) is 105 Å². The van der Waals surface area contributed by atoms with E-state index in [0.717, 1.165) is 66.9 Å². The van der Waals surface area contributed by atoms with Crippen molar-refractivity contribution in [1.82, 2.24) is 70.7 Å². The van der Waals surface area contributed by atoms with Crippen LogP contribution in [0.4, 0.5) is 5.69 Å². The topological polar surface area (TPSA) is 273 Å². The Bertz CT molecular complexity index is 4640. The minimum Gasteiger partial charge on any atom is -0.415 e. The van der Waals surface area contributed by atoms with Crippen molar-refractivity contribution in [1.29, 1.82) is 0 Å². The van der Waals surface area contributed by atoms with Gasteiger partial charge in [0.25, 0.3) is 29.5 Å². The van der Waals surface area contributed by atoms with Gasteiger partial charge in [-0.3, -0.25) is 19.7 Å². The third-order valence-electron chi connectivity index (χ3n) is 13.9. The van der Waals surface area contributed by atoms with Crippen LogP contribution in [0.3, 0.4) is 0 Å². The molecule has 1 amide bonds. The number of anilines is 1. The summed E-state index contributed by atoms with van der Waals surface area (Å²) in [6, 6.07) is 38.1. The maximum absolute atomic E-state index is 12.4. The maximum Gasteiger partial charge on any atom is 0.268 e. The van der Waals surface area contributed by atoms with E-state index in [4.69, 9.17) is 18.2 Å². The molecule has 2 N–H and O–H groups in total. The van der Waals surface area contributed by atoms with Crippen LogP contribution < -0.4 is 10.6 Å². The summed E-state index contributed by atoms with van der Waals surface area (Å²) in [6.07, 6.45) is 5.10. The third-order valence-corrected chi connectivity index (χ3v) is 18.2. The molecule has 91 heavy (non-hydrogen) atoms. The highest BCUT2D eigenvalue weighted by molar-refractivity contribution is 7.92. The lowest BCUT2D eigenvalue weighted by molar-refractivity contribution is -0.114. The molecule has 0 saturated heterocycles. The number of hydrogen-bond donors (Lipinski definition) is 2. The Hall–Kier alpha value is -10.1. The zero-order chi connectivity index (χ0) is 64.5. The maximum atomic E-state index is 12.4. The lowest BCUT2D eigenvalue weighted by Crippen LogP contribution is -2.21. The van der Waals surface area contributed by atoms with Crippen molar-refractivity contribution in [2.24, 2.45) is 0 Å². The molecule has 0 atom stereocenters. The number of aryl methyl sites for hydroxylation is 4. The molecule has 0 radical (unpaired) electrons. The van der Waals surface area contributed by atoms with Gasteiger partial charge in [0.2, 0.25) is 11.8 Å². The number of nitrogens with one attached hydrogen (secondary N) is 2. The van der Waals surface area contributed by atoms with Gasteiger partial charge in [-0.15, -0.1) is 53.3 Å². The van der Waals surface area contributed by atoms with Crippen LogP contribution in [0.5, 0.6) is 0 Å². The smallest absolute Gasteiger partial charge is 0.268 e. The van der Waals surface area contributed by atoms with Gasteiger partial charge in [0.1, 0.15) is 17.1 Å². The second-order valence-electron chi connectivity index (χ2n) is 21.8. The largest absolute Gasteiger partial charge is 0.415 e. The molecule has 8 heterocycles. The summed E-state index contributed by atoms with van der Waals surface area (Å²) in [4.78, 5) is 43.9. The van der Waals surface area contributed by atoms with Crippen molar-refractivity contribution in [3.8, 4) is 102 Å². The summed E-state index contributed by atoms with van der Waals surface area (Å²) in [6.45, 7) is 21.5. The summed E-state index contributed by atoms with van der Waals surface area (Å²) >= 11 is 3.18. The van der Waals surface area contributed by atoms with Crippen LogP contribution in [0.1, 0.15) is 74.8 Å². The van der Waals surface area contributed by atoms with Crippen molar-refractivity contribution in [2.45, 2.75) is 85.0 Å². The molecular formula is C67H75N15O6S3. The summed E-state index contributed by atoms with van der Waals surface area (Å²) in [5, 5.41) is 32.7. The van der Waals surface area contributed by atoms with Gasteiger partial charge in [0.15, 0.2) is 9.84 Å². The van der Waals surface area contributed by atoms with Gasteiger partial charge in [0, 0.05) is 79.3 Å². The van der Waals surface area contributed by atoms with E-state index in [1.807, 2.05) is 144 Å². The quantitative estimate of drug-likeness (QED) is 0.0857. The predicted molar refractivity (Wildman–Crippen MR) is 365 cm³/mol. The second kappa shape index (κ2) is 28.1. The Balaban J connectivity index is 0.000000255. The lowest BCUT2D eigenvalue weighted by Gasteiger charge is -2.16. The number of amides is 1. The molecule has 0 aliphatic heterocycles. The zero-order valence-electron chi connectivity index (χ0n) is 51.9. The first-order valence-corrected chi connectivity index (χ1v) is 32.1. The summed E-state index contributed by atoms with van der Waals surface area (Å²) in [5.74, 6) is 2.23. The van der Waals surface area contributed by atoms with Gasteiger partial charge < -0.3 is 28.8 Å². The van der Waals surface area contributed by atoms with Crippen LogP contribution in [0.25, 0.3) is 107 Å². The fourth-order valence-corrected chi connectivity index (χ4v) is 11.5. The van der Waals surface area contributed by atoms with E-state index >= 15 is 0 Å². The van der Waals surface area contributed by atoms with E-state index in [1.54, 1.807) is 79.4 Å². The third kappa shape index (κ3) is 15.5. The van der Waals surface area contributed by atoms with Gasteiger partial charge in [-0.1, -0.05) is 87.2 Å². The minimum atomic E-state index is -3.34. The lowest BCUT2D eigenvalue weighted by atomic mass is 10.1. The molecular weight excluding hydrogens is 1210 g/mol. The van der Waals surface area contributed by atoms with Crippen molar-refractivity contribution in [3.63, 3.8) is 0 Å². The van der Waals surface area contributed by atoms with Crippen LogP contribution in [0, 0.1) is 27.7 Å². The summed E-state index contributed by atoms with van der Waals surface area (Å²) in [7, 11) is 0.617. The molecule has 8 aromatic heterocycles. The molecule has 4 aromatic carbocycles. The van der Waals surface area contributed by atoms with Gasteiger partial charge in [0.05, 0.1) is 72.7 Å². The van der Waals surface area contributed by atoms with E-state index in [9.17, 15) is 13.2 Å². The van der Waals surface area contributed by atoms with Gasteiger partial charge >= 0.3 is 0 Å². The molecule has 0 aliphatic rings. The number of hydrogen-bond acceptors (Lipinski definition) is 22. The molecule has 0 saturated carbocycles. The van der Waals surface area contributed by atoms with E-state index in [1.165, 1.54) is 17.4 Å². The van der Waals surface area contributed by atoms with Crippen LogP contribution in [0.2, 0.25) is 0 Å². The second-order valence-corrected chi connectivity index (χ2v) is 26.3. The molecule has 472 valence electrons. The average Bonchev–Trinajstić information content (AvgIpc) is 1.47. The van der Waals surface area contributed by atoms with Crippen molar-refractivity contribution < 1.29 is 33.6 Å². The molecule has 21 nitrogen and oxygen atoms in total. The van der Waals surface area contributed by atoms with Crippen molar-refractivity contribution >= 4 is 49.8 Å². The Kier molecular flexibility index (Phi) is 19.7. The fourth-order valence-electron chi connectivity index (χ4n) is 8.77. The molecule has 0 bridgehead atoms. The van der Waals surface area contributed by atoms with Crippen LogP contribution in [-0.2, 0) is 21.2 Å². The first kappa shape index (κ1) is 63.9. The van der Waals surface area contributed by atoms with Crippen LogP contribution in [0.15, 0.2) is 170 Å². The number of benzene rings is 4. The SMILES string of the molecule is C=C(c1ccc(-c2cnc(C)c(-c3nnc(-c4cc(C)cs4)o3)n2)cc1)N(C)C.CC(=O)Nc1ccc(-c2cnc(C)c(-c3nnc(-c4ccccc4)o3)n2)cc1.Cc1ncc(-c2ccc(S(=O)(=O)C(C)C)cc2)nc1-c1nnc(-c2ccc(CNC(C)C)s2)o1.[HH].[HH].[HH].[HH].[HH]. The van der Waals surface area contributed by atoms with Crippen LogP contribution >= 0.6 is 22.7 Å². The van der Waals surface area contributed by atoms with E-state index in [0.29, 0.717) is 75.4 Å². The highest BCUT2D eigenvalue weighted by Gasteiger charge is 2.23. The number of aromatic nitrogens is 12. The van der Waals surface area contributed by atoms with Gasteiger partial charge in [-0.25, -0.2) is 23.4 Å². The molecule has 0 aliphatic carbocycles.